The maximum atomic E-state index is 11.8. The summed E-state index contributed by atoms with van der Waals surface area (Å²) in [6, 6.07) is 8.37. The van der Waals surface area contributed by atoms with Crippen LogP contribution in [0.15, 0.2) is 36.5 Å². The smallest absolute Gasteiger partial charge is 0.338 e. The third-order valence-corrected chi connectivity index (χ3v) is 3.10. The Morgan fingerprint density at radius 3 is 2.48 bits per heavy atom. The number of hydrogen-bond acceptors (Lipinski definition) is 4. The second-order valence-corrected chi connectivity index (χ2v) is 4.46. The highest BCUT2D eigenvalue weighted by Crippen LogP contribution is 2.26. The topological polar surface area (TPSA) is 91.4 Å². The number of rotatable bonds is 4. The van der Waals surface area contributed by atoms with Crippen LogP contribution in [0.2, 0.25) is 0 Å². The first-order valence-electron chi connectivity index (χ1n) is 6.14. The monoisotopic (exact) mass is 286 g/mol. The molecule has 1 heterocycles. The summed E-state index contributed by atoms with van der Waals surface area (Å²) in [6.45, 7) is 0. The number of aryl methyl sites for hydroxylation is 1. The quantitative estimate of drug-likeness (QED) is 0.518. The summed E-state index contributed by atoms with van der Waals surface area (Å²) in [4.78, 5) is 34.5. The number of nitrogens with two attached hydrogens (primary N) is 1. The second-order valence-electron chi connectivity index (χ2n) is 4.46. The molecule has 1 aromatic carbocycles. The Balaban J connectivity index is 2.54. The van der Waals surface area contributed by atoms with E-state index < -0.39 is 17.7 Å². The lowest BCUT2D eigenvalue weighted by Crippen LogP contribution is -2.24. The van der Waals surface area contributed by atoms with Crippen LogP contribution in [0.5, 0.6) is 0 Å². The Labute approximate surface area is 121 Å². The number of Topliss-reactive ketones (excluding diaryl/α,β-unsaturated/α-hetero) is 1. The Bertz CT molecular complexity index is 731. The molecule has 0 saturated heterocycles. The molecule has 2 N–H and O–H groups in total. The molecule has 0 aliphatic carbocycles. The fraction of sp³-hybridized carbons (Fsp3) is 0.133. The van der Waals surface area contributed by atoms with E-state index in [4.69, 9.17) is 10.5 Å². The largest absolute Gasteiger partial charge is 0.465 e. The van der Waals surface area contributed by atoms with E-state index in [0.29, 0.717) is 16.7 Å². The molecular formula is C15H14N2O4. The summed E-state index contributed by atoms with van der Waals surface area (Å²) >= 11 is 0. The number of methoxy groups -OCH3 is 1. The van der Waals surface area contributed by atoms with Gasteiger partial charge < -0.3 is 15.0 Å². The lowest BCUT2D eigenvalue weighted by atomic mass is 10.0. The Kier molecular flexibility index (Phi) is 3.89. The van der Waals surface area contributed by atoms with Crippen LogP contribution in [0.3, 0.4) is 0 Å². The van der Waals surface area contributed by atoms with Crippen LogP contribution in [-0.4, -0.2) is 29.3 Å². The van der Waals surface area contributed by atoms with Crippen molar-refractivity contribution in [1.82, 2.24) is 4.57 Å². The summed E-state index contributed by atoms with van der Waals surface area (Å²) < 4.78 is 6.23. The van der Waals surface area contributed by atoms with Gasteiger partial charge in [-0.3, -0.25) is 9.59 Å². The van der Waals surface area contributed by atoms with E-state index in [9.17, 15) is 14.4 Å². The van der Waals surface area contributed by atoms with Crippen molar-refractivity contribution in [1.29, 1.82) is 0 Å². The molecule has 6 nitrogen and oxygen atoms in total. The zero-order valence-corrected chi connectivity index (χ0v) is 11.6. The van der Waals surface area contributed by atoms with Crippen LogP contribution < -0.4 is 5.73 Å². The van der Waals surface area contributed by atoms with Crippen LogP contribution in [0.25, 0.3) is 11.1 Å². The van der Waals surface area contributed by atoms with Gasteiger partial charge in [0.15, 0.2) is 0 Å². The number of hydrogen-bond donors (Lipinski definition) is 1. The molecule has 21 heavy (non-hydrogen) atoms. The Morgan fingerprint density at radius 1 is 1.19 bits per heavy atom. The van der Waals surface area contributed by atoms with Gasteiger partial charge in [0.05, 0.1) is 18.4 Å². The predicted molar refractivity (Wildman–Crippen MR) is 75.7 cm³/mol. The fourth-order valence-corrected chi connectivity index (χ4v) is 2.09. The predicted octanol–water partition coefficient (Wildman–Crippen LogP) is 1.15. The first kappa shape index (κ1) is 14.5. The molecule has 2 aromatic rings. The molecule has 0 fully saturated rings. The molecule has 1 amide bonds. The highest BCUT2D eigenvalue weighted by molar-refractivity contribution is 6.42. The summed E-state index contributed by atoms with van der Waals surface area (Å²) in [5.74, 6) is -2.28. The lowest BCUT2D eigenvalue weighted by Gasteiger charge is -2.05. The molecule has 1 aromatic heterocycles. The van der Waals surface area contributed by atoms with Gasteiger partial charge in [-0.2, -0.15) is 0 Å². The average molecular weight is 286 g/mol. The van der Waals surface area contributed by atoms with Gasteiger partial charge in [0.1, 0.15) is 0 Å². The third-order valence-electron chi connectivity index (χ3n) is 3.10. The molecule has 0 spiro atoms. The minimum Gasteiger partial charge on any atom is -0.465 e. The van der Waals surface area contributed by atoms with Gasteiger partial charge in [-0.25, -0.2) is 4.79 Å². The van der Waals surface area contributed by atoms with Gasteiger partial charge in [-0.15, -0.1) is 0 Å². The van der Waals surface area contributed by atoms with Crippen molar-refractivity contribution in [2.75, 3.05) is 7.11 Å². The van der Waals surface area contributed by atoms with Crippen molar-refractivity contribution in [3.63, 3.8) is 0 Å². The van der Waals surface area contributed by atoms with Gasteiger partial charge in [0.25, 0.3) is 11.7 Å². The second kappa shape index (κ2) is 5.62. The van der Waals surface area contributed by atoms with Gasteiger partial charge in [0, 0.05) is 18.8 Å². The molecular weight excluding hydrogens is 272 g/mol. The Morgan fingerprint density at radius 2 is 1.86 bits per heavy atom. The van der Waals surface area contributed by atoms with Crippen LogP contribution in [0, 0.1) is 0 Å². The zero-order valence-electron chi connectivity index (χ0n) is 11.6. The van der Waals surface area contributed by atoms with E-state index in [0.717, 1.165) is 0 Å². The number of amides is 1. The number of carbonyl (C=O) groups is 3. The number of ether oxygens (including phenoxy) is 1. The zero-order chi connectivity index (χ0) is 15.6. The number of carbonyl (C=O) groups excluding carboxylic acids is 3. The molecule has 0 saturated carbocycles. The van der Waals surface area contributed by atoms with Gasteiger partial charge in [-0.1, -0.05) is 18.2 Å². The molecule has 6 heteroatoms. The van der Waals surface area contributed by atoms with Crippen LogP contribution in [0.1, 0.15) is 20.8 Å². The van der Waals surface area contributed by atoms with E-state index in [2.05, 4.69) is 0 Å². The Hall–Kier alpha value is -2.89. The van der Waals surface area contributed by atoms with Crippen LogP contribution in [0.4, 0.5) is 0 Å². The van der Waals surface area contributed by atoms with Gasteiger partial charge >= 0.3 is 5.97 Å². The van der Waals surface area contributed by atoms with Gasteiger partial charge in [-0.05, 0) is 17.7 Å². The van der Waals surface area contributed by atoms with E-state index in [1.54, 1.807) is 37.5 Å². The molecule has 0 atom stereocenters. The van der Waals surface area contributed by atoms with Gasteiger partial charge in [0.2, 0.25) is 0 Å². The molecule has 0 aliphatic rings. The standard InChI is InChI=1S/C15H14N2O4/c1-17-8-9(7-12(17)13(18)14(16)19)10-5-3-4-6-11(10)15(20)21-2/h3-8H,1-2H3,(H2,16,19). The van der Waals surface area contributed by atoms with Crippen molar-refractivity contribution >= 4 is 17.7 Å². The molecule has 0 bridgehead atoms. The SMILES string of the molecule is COC(=O)c1ccccc1-c1cc(C(=O)C(N)=O)n(C)c1. The number of benzene rings is 1. The maximum Gasteiger partial charge on any atom is 0.338 e. The number of nitrogens with zero attached hydrogens (tertiary/aromatic N) is 1. The minimum atomic E-state index is -1.02. The molecule has 0 radical (unpaired) electrons. The van der Waals surface area contributed by atoms with Crippen molar-refractivity contribution in [3.8, 4) is 11.1 Å². The normalized spacial score (nSPS) is 10.2. The minimum absolute atomic E-state index is 0.164. The number of esters is 1. The highest BCUT2D eigenvalue weighted by Gasteiger charge is 2.20. The maximum absolute atomic E-state index is 11.8. The first-order valence-corrected chi connectivity index (χ1v) is 6.14. The van der Waals surface area contributed by atoms with Crippen molar-refractivity contribution in [2.24, 2.45) is 12.8 Å². The van der Waals surface area contributed by atoms with Crippen LogP contribution >= 0.6 is 0 Å². The fourth-order valence-electron chi connectivity index (χ4n) is 2.09. The highest BCUT2D eigenvalue weighted by atomic mass is 16.5. The molecule has 108 valence electrons. The van der Waals surface area contributed by atoms with Crippen LogP contribution in [-0.2, 0) is 16.6 Å². The van der Waals surface area contributed by atoms with Crippen molar-refractivity contribution in [3.05, 3.63) is 47.8 Å². The van der Waals surface area contributed by atoms with E-state index in [1.165, 1.54) is 17.7 Å². The van der Waals surface area contributed by atoms with Crippen molar-refractivity contribution < 1.29 is 19.1 Å². The third kappa shape index (κ3) is 2.69. The number of aromatic nitrogens is 1. The van der Waals surface area contributed by atoms with E-state index in [-0.39, 0.29) is 5.69 Å². The van der Waals surface area contributed by atoms with Crippen molar-refractivity contribution in [2.45, 2.75) is 0 Å². The summed E-state index contributed by atoms with van der Waals surface area (Å²) in [7, 11) is 2.92. The van der Waals surface area contributed by atoms with E-state index in [1.807, 2.05) is 0 Å². The summed E-state index contributed by atoms with van der Waals surface area (Å²) in [5.41, 5.74) is 6.79. The number of ketones is 1. The average Bonchev–Trinajstić information content (AvgIpc) is 2.87. The molecule has 0 unspecified atom stereocenters. The first-order chi connectivity index (χ1) is 9.95. The van der Waals surface area contributed by atoms with E-state index >= 15 is 0 Å². The number of primary amides is 1. The summed E-state index contributed by atoms with van der Waals surface area (Å²) in [6.07, 6.45) is 1.65. The molecule has 2 rings (SSSR count). The lowest BCUT2D eigenvalue weighted by molar-refractivity contribution is -0.114. The summed E-state index contributed by atoms with van der Waals surface area (Å²) in [5, 5.41) is 0. The molecule has 0 aliphatic heterocycles.